The highest BCUT2D eigenvalue weighted by molar-refractivity contribution is 5.95. The van der Waals surface area contributed by atoms with Crippen LogP contribution in [0.2, 0.25) is 0 Å². The Balaban J connectivity index is 2.15. The van der Waals surface area contributed by atoms with E-state index in [0.29, 0.717) is 11.4 Å². The summed E-state index contributed by atoms with van der Waals surface area (Å²) in [7, 11) is 0. The molecule has 1 aromatic rings. The Morgan fingerprint density at radius 1 is 1.61 bits per heavy atom. The molecule has 6 heteroatoms. The molecule has 0 fully saturated rings. The first-order valence-corrected chi connectivity index (χ1v) is 5.37. The number of anilines is 2. The van der Waals surface area contributed by atoms with Crippen molar-refractivity contribution >= 4 is 23.4 Å². The Labute approximate surface area is 104 Å². The van der Waals surface area contributed by atoms with Crippen LogP contribution >= 0.6 is 0 Å². The summed E-state index contributed by atoms with van der Waals surface area (Å²) < 4.78 is 4.82. The minimum Gasteiger partial charge on any atom is -0.444 e. The number of hydrogen-bond donors (Lipinski definition) is 2. The first-order valence-electron chi connectivity index (χ1n) is 5.37. The largest absolute Gasteiger partial charge is 0.444 e. The number of nitriles is 1. The number of rotatable bonds is 2. The fourth-order valence-corrected chi connectivity index (χ4v) is 1.51. The first kappa shape index (κ1) is 11.9. The van der Waals surface area contributed by atoms with Gasteiger partial charge in [0.15, 0.2) is 0 Å². The third-order valence-electron chi connectivity index (χ3n) is 2.56. The number of fused-ring (bicyclic) bond motifs is 1. The second kappa shape index (κ2) is 4.75. The van der Waals surface area contributed by atoms with Gasteiger partial charge in [0.05, 0.1) is 11.8 Å². The maximum absolute atomic E-state index is 11.5. The molecule has 2 amide bonds. The number of ether oxygens (including phenoxy) is 1. The van der Waals surface area contributed by atoms with Gasteiger partial charge in [0.1, 0.15) is 12.5 Å². The summed E-state index contributed by atoms with van der Waals surface area (Å²) in [5.74, 6) is -1.07. The predicted molar refractivity (Wildman–Crippen MR) is 63.7 cm³/mol. The zero-order valence-electron chi connectivity index (χ0n) is 9.69. The highest BCUT2D eigenvalue weighted by Gasteiger charge is 2.17. The van der Waals surface area contributed by atoms with Gasteiger partial charge in [0, 0.05) is 11.3 Å². The van der Waals surface area contributed by atoms with Crippen molar-refractivity contribution in [3.63, 3.8) is 0 Å². The van der Waals surface area contributed by atoms with E-state index in [1.165, 1.54) is 6.92 Å². The molecule has 1 atom stereocenters. The van der Waals surface area contributed by atoms with Crippen LogP contribution in [0.4, 0.5) is 16.2 Å². The standard InChI is InChI=1S/C12H11N3O3/c1-7(5-13)11(16)14-9-2-3-10-8(4-9)6-18-12(17)15-10/h2-4,7H,6H2,1H3,(H,14,16)(H,15,17). The number of hydrogen-bond acceptors (Lipinski definition) is 4. The number of benzene rings is 1. The van der Waals surface area contributed by atoms with Crippen molar-refractivity contribution in [2.75, 3.05) is 10.6 Å². The SMILES string of the molecule is CC(C#N)C(=O)Nc1ccc2c(c1)COC(=O)N2. The molecular weight excluding hydrogens is 234 g/mol. The van der Waals surface area contributed by atoms with E-state index >= 15 is 0 Å². The molecule has 0 aliphatic carbocycles. The molecule has 1 unspecified atom stereocenters. The molecule has 0 aromatic heterocycles. The van der Waals surface area contributed by atoms with E-state index in [4.69, 9.17) is 10.00 Å². The van der Waals surface area contributed by atoms with Gasteiger partial charge in [-0.2, -0.15) is 5.26 Å². The molecule has 0 bridgehead atoms. The van der Waals surface area contributed by atoms with Gasteiger partial charge in [0.2, 0.25) is 5.91 Å². The summed E-state index contributed by atoms with van der Waals surface area (Å²) >= 11 is 0. The zero-order valence-corrected chi connectivity index (χ0v) is 9.69. The average molecular weight is 245 g/mol. The molecule has 2 N–H and O–H groups in total. The van der Waals surface area contributed by atoms with Gasteiger partial charge in [-0.05, 0) is 25.1 Å². The Kier molecular flexibility index (Phi) is 3.15. The highest BCUT2D eigenvalue weighted by Crippen LogP contribution is 2.25. The fraction of sp³-hybridized carbons (Fsp3) is 0.250. The molecule has 0 saturated heterocycles. The van der Waals surface area contributed by atoms with Crippen LogP contribution in [-0.4, -0.2) is 12.0 Å². The van der Waals surface area contributed by atoms with Crippen LogP contribution < -0.4 is 10.6 Å². The third-order valence-corrected chi connectivity index (χ3v) is 2.56. The Morgan fingerprint density at radius 3 is 3.11 bits per heavy atom. The second-order valence-corrected chi connectivity index (χ2v) is 3.91. The molecule has 6 nitrogen and oxygen atoms in total. The van der Waals surface area contributed by atoms with Gasteiger partial charge < -0.3 is 10.1 Å². The molecule has 1 aromatic carbocycles. The molecule has 1 aliphatic rings. The van der Waals surface area contributed by atoms with Gasteiger partial charge in [-0.25, -0.2) is 4.79 Å². The minimum absolute atomic E-state index is 0.165. The number of nitrogens with one attached hydrogen (secondary N) is 2. The van der Waals surface area contributed by atoms with E-state index in [0.717, 1.165) is 5.56 Å². The van der Waals surface area contributed by atoms with Gasteiger partial charge in [-0.1, -0.05) is 0 Å². The Morgan fingerprint density at radius 2 is 2.39 bits per heavy atom. The normalized spacial score (nSPS) is 14.6. The quantitative estimate of drug-likeness (QED) is 0.831. The van der Waals surface area contributed by atoms with Crippen molar-refractivity contribution in [2.24, 2.45) is 5.92 Å². The maximum Gasteiger partial charge on any atom is 0.411 e. The zero-order chi connectivity index (χ0) is 13.1. The van der Waals surface area contributed by atoms with Crippen LogP contribution in [0.15, 0.2) is 18.2 Å². The number of carbonyl (C=O) groups excluding carboxylic acids is 2. The second-order valence-electron chi connectivity index (χ2n) is 3.91. The van der Waals surface area contributed by atoms with E-state index in [9.17, 15) is 9.59 Å². The summed E-state index contributed by atoms with van der Waals surface area (Å²) in [6.45, 7) is 1.69. The lowest BCUT2D eigenvalue weighted by Crippen LogP contribution is -2.22. The Hall–Kier alpha value is -2.55. The van der Waals surface area contributed by atoms with Crippen LogP contribution in [0.5, 0.6) is 0 Å². The van der Waals surface area contributed by atoms with Crippen molar-refractivity contribution in [1.82, 2.24) is 0 Å². The molecule has 1 heterocycles. The molecular formula is C12H11N3O3. The van der Waals surface area contributed by atoms with Gasteiger partial charge in [-0.15, -0.1) is 0 Å². The van der Waals surface area contributed by atoms with Crippen molar-refractivity contribution < 1.29 is 14.3 Å². The van der Waals surface area contributed by atoms with E-state index in [1.54, 1.807) is 18.2 Å². The topological polar surface area (TPSA) is 91.2 Å². The number of nitrogens with zero attached hydrogens (tertiary/aromatic N) is 1. The van der Waals surface area contributed by atoms with Gasteiger partial charge >= 0.3 is 6.09 Å². The molecule has 18 heavy (non-hydrogen) atoms. The summed E-state index contributed by atoms with van der Waals surface area (Å²) in [4.78, 5) is 22.5. The summed E-state index contributed by atoms with van der Waals surface area (Å²) in [5, 5.41) is 13.8. The monoisotopic (exact) mass is 245 g/mol. The lowest BCUT2D eigenvalue weighted by atomic mass is 10.1. The van der Waals surface area contributed by atoms with Crippen LogP contribution in [0, 0.1) is 17.2 Å². The van der Waals surface area contributed by atoms with Gasteiger partial charge in [-0.3, -0.25) is 10.1 Å². The van der Waals surface area contributed by atoms with Crippen LogP contribution in [0.1, 0.15) is 12.5 Å². The van der Waals surface area contributed by atoms with Gasteiger partial charge in [0.25, 0.3) is 0 Å². The summed E-state index contributed by atoms with van der Waals surface area (Å²) in [5.41, 5.74) is 2.01. The lowest BCUT2D eigenvalue weighted by molar-refractivity contribution is -0.117. The average Bonchev–Trinajstić information content (AvgIpc) is 2.38. The first-order chi connectivity index (χ1) is 8.60. The number of amides is 2. The van der Waals surface area contributed by atoms with E-state index in [2.05, 4.69) is 10.6 Å². The lowest BCUT2D eigenvalue weighted by Gasteiger charge is -2.18. The predicted octanol–water partition coefficient (Wildman–Crippen LogP) is 1.85. The maximum atomic E-state index is 11.5. The molecule has 0 radical (unpaired) electrons. The van der Waals surface area contributed by atoms with Crippen molar-refractivity contribution in [2.45, 2.75) is 13.5 Å². The van der Waals surface area contributed by atoms with E-state index in [-0.39, 0.29) is 12.5 Å². The van der Waals surface area contributed by atoms with Crippen LogP contribution in [0.3, 0.4) is 0 Å². The summed E-state index contributed by atoms with van der Waals surface area (Å²) in [6, 6.07) is 6.91. The third kappa shape index (κ3) is 2.40. The number of carbonyl (C=O) groups is 2. The van der Waals surface area contributed by atoms with E-state index in [1.807, 2.05) is 6.07 Å². The van der Waals surface area contributed by atoms with Crippen LogP contribution in [-0.2, 0) is 16.1 Å². The fourth-order valence-electron chi connectivity index (χ4n) is 1.51. The highest BCUT2D eigenvalue weighted by atomic mass is 16.5. The molecule has 92 valence electrons. The van der Waals surface area contributed by atoms with Crippen molar-refractivity contribution in [3.05, 3.63) is 23.8 Å². The molecule has 0 saturated carbocycles. The van der Waals surface area contributed by atoms with Crippen LogP contribution in [0.25, 0.3) is 0 Å². The molecule has 0 spiro atoms. The number of cyclic esters (lactones) is 1. The van der Waals surface area contributed by atoms with Crippen molar-refractivity contribution in [1.29, 1.82) is 5.26 Å². The van der Waals surface area contributed by atoms with Crippen molar-refractivity contribution in [3.8, 4) is 6.07 Å². The van der Waals surface area contributed by atoms with E-state index < -0.39 is 12.0 Å². The Bertz CT molecular complexity index is 548. The smallest absolute Gasteiger partial charge is 0.411 e. The molecule has 1 aliphatic heterocycles. The molecule has 2 rings (SSSR count). The summed E-state index contributed by atoms with van der Waals surface area (Å²) in [6.07, 6.45) is -0.489. The minimum atomic E-state index is -0.711.